The van der Waals surface area contributed by atoms with Gasteiger partial charge in [0.15, 0.2) is 17.5 Å². The molecule has 0 atom stereocenters. The Hall–Kier alpha value is -7.05. The molecular formula is C45H26N4O2. The molecule has 0 radical (unpaired) electrons. The van der Waals surface area contributed by atoms with Gasteiger partial charge in [0, 0.05) is 60.8 Å². The number of furan rings is 2. The van der Waals surface area contributed by atoms with Crippen LogP contribution in [0.15, 0.2) is 167 Å². The maximum atomic E-state index is 6.49. The number of para-hydroxylation sites is 3. The minimum Gasteiger partial charge on any atom is -0.456 e. The summed E-state index contributed by atoms with van der Waals surface area (Å²) in [5, 5.41) is 6.58. The lowest BCUT2D eigenvalue weighted by molar-refractivity contribution is 0.668. The van der Waals surface area contributed by atoms with E-state index in [4.69, 9.17) is 23.8 Å². The maximum Gasteiger partial charge on any atom is 0.164 e. The molecule has 238 valence electrons. The predicted molar refractivity (Wildman–Crippen MR) is 205 cm³/mol. The molecule has 11 rings (SSSR count). The number of fused-ring (bicyclic) bond motifs is 9. The van der Waals surface area contributed by atoms with Crippen molar-refractivity contribution in [3.63, 3.8) is 0 Å². The molecule has 0 fully saturated rings. The molecule has 0 unspecified atom stereocenters. The Morgan fingerprint density at radius 3 is 1.47 bits per heavy atom. The van der Waals surface area contributed by atoms with Gasteiger partial charge in [-0.3, -0.25) is 0 Å². The fourth-order valence-electron chi connectivity index (χ4n) is 7.46. The van der Waals surface area contributed by atoms with E-state index in [2.05, 4.69) is 89.5 Å². The van der Waals surface area contributed by atoms with Crippen LogP contribution in [0.5, 0.6) is 0 Å². The molecule has 0 saturated carbocycles. The van der Waals surface area contributed by atoms with E-state index in [9.17, 15) is 0 Å². The van der Waals surface area contributed by atoms with Crippen molar-refractivity contribution in [1.82, 2.24) is 19.5 Å². The SMILES string of the molecule is c1ccc(-c2nc(-c3ccc4oc5ccccc5c4c3)nc(-c3ccc4oc5cc(-n6c7ccccc7c7ccccc76)ccc5c4c3)n2)cc1. The van der Waals surface area contributed by atoms with E-state index in [-0.39, 0.29) is 0 Å². The molecule has 0 aliphatic heterocycles. The van der Waals surface area contributed by atoms with E-state index in [0.717, 1.165) is 77.3 Å². The second-order valence-electron chi connectivity index (χ2n) is 12.8. The molecule has 6 heteroatoms. The molecule has 4 aromatic heterocycles. The molecular weight excluding hydrogens is 629 g/mol. The summed E-state index contributed by atoms with van der Waals surface area (Å²) in [4.78, 5) is 15.0. The van der Waals surface area contributed by atoms with Crippen LogP contribution in [0.1, 0.15) is 0 Å². The molecule has 6 nitrogen and oxygen atoms in total. The zero-order chi connectivity index (χ0) is 33.5. The summed E-state index contributed by atoms with van der Waals surface area (Å²) < 4.78 is 14.9. The van der Waals surface area contributed by atoms with Crippen molar-refractivity contribution in [1.29, 1.82) is 0 Å². The Balaban J connectivity index is 1.07. The molecule has 4 heterocycles. The topological polar surface area (TPSA) is 69.9 Å². The highest BCUT2D eigenvalue weighted by molar-refractivity contribution is 6.11. The molecule has 51 heavy (non-hydrogen) atoms. The van der Waals surface area contributed by atoms with Gasteiger partial charge in [-0.15, -0.1) is 0 Å². The van der Waals surface area contributed by atoms with Crippen LogP contribution >= 0.6 is 0 Å². The van der Waals surface area contributed by atoms with Crippen LogP contribution in [0.3, 0.4) is 0 Å². The average molecular weight is 655 g/mol. The second kappa shape index (κ2) is 10.7. The van der Waals surface area contributed by atoms with Crippen LogP contribution in [-0.2, 0) is 0 Å². The van der Waals surface area contributed by atoms with Crippen molar-refractivity contribution in [2.45, 2.75) is 0 Å². The summed E-state index contributed by atoms with van der Waals surface area (Å²) in [6.45, 7) is 0. The first-order valence-electron chi connectivity index (χ1n) is 16.9. The third kappa shape index (κ3) is 4.33. The van der Waals surface area contributed by atoms with Gasteiger partial charge in [0.25, 0.3) is 0 Å². The molecule has 11 aromatic rings. The normalized spacial score (nSPS) is 11.9. The van der Waals surface area contributed by atoms with Crippen LogP contribution in [-0.4, -0.2) is 19.5 Å². The van der Waals surface area contributed by atoms with Crippen LogP contribution < -0.4 is 0 Å². The van der Waals surface area contributed by atoms with E-state index in [1.54, 1.807) is 0 Å². The van der Waals surface area contributed by atoms with Gasteiger partial charge in [-0.1, -0.05) is 84.9 Å². The molecule has 0 amide bonds. The predicted octanol–water partition coefficient (Wildman–Crippen LogP) is 11.8. The van der Waals surface area contributed by atoms with Crippen LogP contribution in [0.2, 0.25) is 0 Å². The Morgan fingerprint density at radius 1 is 0.333 bits per heavy atom. The first-order valence-corrected chi connectivity index (χ1v) is 16.9. The lowest BCUT2D eigenvalue weighted by Crippen LogP contribution is -2.00. The third-order valence-electron chi connectivity index (χ3n) is 9.85. The van der Waals surface area contributed by atoms with Crippen molar-refractivity contribution in [2.75, 3.05) is 0 Å². The van der Waals surface area contributed by atoms with Crippen molar-refractivity contribution < 1.29 is 8.83 Å². The van der Waals surface area contributed by atoms with Crippen molar-refractivity contribution in [3.05, 3.63) is 158 Å². The van der Waals surface area contributed by atoms with Gasteiger partial charge in [0.2, 0.25) is 0 Å². The van der Waals surface area contributed by atoms with Crippen LogP contribution in [0, 0.1) is 0 Å². The van der Waals surface area contributed by atoms with E-state index >= 15 is 0 Å². The highest BCUT2D eigenvalue weighted by Gasteiger charge is 2.18. The highest BCUT2D eigenvalue weighted by Crippen LogP contribution is 2.37. The summed E-state index contributed by atoms with van der Waals surface area (Å²) >= 11 is 0. The van der Waals surface area contributed by atoms with E-state index < -0.39 is 0 Å². The first kappa shape index (κ1) is 27.9. The number of nitrogens with zero attached hydrogens (tertiary/aromatic N) is 4. The molecule has 7 aromatic carbocycles. The lowest BCUT2D eigenvalue weighted by Gasteiger charge is -2.09. The maximum absolute atomic E-state index is 6.49. The lowest BCUT2D eigenvalue weighted by atomic mass is 10.1. The molecule has 0 N–H and O–H groups in total. The Bertz CT molecular complexity index is 3100. The Morgan fingerprint density at radius 2 is 0.824 bits per heavy atom. The monoisotopic (exact) mass is 654 g/mol. The van der Waals surface area contributed by atoms with Crippen LogP contribution in [0.4, 0.5) is 0 Å². The zero-order valence-electron chi connectivity index (χ0n) is 27.1. The smallest absolute Gasteiger partial charge is 0.164 e. The number of rotatable bonds is 4. The summed E-state index contributed by atoms with van der Waals surface area (Å²) in [5.41, 5.74) is 9.39. The van der Waals surface area contributed by atoms with Crippen molar-refractivity contribution >= 4 is 65.7 Å². The van der Waals surface area contributed by atoms with E-state index in [0.29, 0.717) is 17.5 Å². The minimum absolute atomic E-state index is 0.592. The molecule has 0 bridgehead atoms. The van der Waals surface area contributed by atoms with Gasteiger partial charge in [-0.2, -0.15) is 0 Å². The largest absolute Gasteiger partial charge is 0.456 e. The summed E-state index contributed by atoms with van der Waals surface area (Å²) in [7, 11) is 0. The second-order valence-corrected chi connectivity index (χ2v) is 12.8. The molecule has 0 spiro atoms. The number of benzene rings is 7. The first-order chi connectivity index (χ1) is 25.2. The highest BCUT2D eigenvalue weighted by atomic mass is 16.3. The fraction of sp³-hybridized carbons (Fsp3) is 0. The quantitative estimate of drug-likeness (QED) is 0.189. The summed E-state index contributed by atoms with van der Waals surface area (Å²) in [6.07, 6.45) is 0. The van der Waals surface area contributed by atoms with Crippen molar-refractivity contribution in [3.8, 4) is 39.9 Å². The number of hydrogen-bond donors (Lipinski definition) is 0. The number of aromatic nitrogens is 4. The van der Waals surface area contributed by atoms with Crippen LogP contribution in [0.25, 0.3) is 106 Å². The van der Waals surface area contributed by atoms with Gasteiger partial charge < -0.3 is 13.4 Å². The number of hydrogen-bond acceptors (Lipinski definition) is 5. The summed E-state index contributed by atoms with van der Waals surface area (Å²) in [6, 6.07) is 54.0. The molecule has 0 saturated heterocycles. The summed E-state index contributed by atoms with van der Waals surface area (Å²) in [5.74, 6) is 1.80. The molecule has 0 aliphatic carbocycles. The Labute approximate surface area is 290 Å². The van der Waals surface area contributed by atoms with Crippen molar-refractivity contribution in [2.24, 2.45) is 0 Å². The van der Waals surface area contributed by atoms with Gasteiger partial charge in [0.1, 0.15) is 22.3 Å². The van der Waals surface area contributed by atoms with E-state index in [1.807, 2.05) is 72.8 Å². The third-order valence-corrected chi connectivity index (χ3v) is 9.85. The van der Waals surface area contributed by atoms with Gasteiger partial charge in [-0.05, 0) is 66.7 Å². The Kier molecular flexibility index (Phi) is 5.86. The van der Waals surface area contributed by atoms with Gasteiger partial charge in [-0.25, -0.2) is 15.0 Å². The standard InChI is InChI=1S/C45H26N4O2/c1-2-10-27(11-3-1)43-46-44(28-18-22-40-35(24-28)33-14-6-9-17-39(33)50-40)48-45(47-43)29-19-23-41-36(25-29)34-21-20-30(26-42(34)51-41)49-37-15-7-4-12-31(37)32-13-5-8-16-38(32)49/h1-26H. The minimum atomic E-state index is 0.592. The zero-order valence-corrected chi connectivity index (χ0v) is 27.1. The van der Waals surface area contributed by atoms with Gasteiger partial charge >= 0.3 is 0 Å². The molecule has 0 aliphatic rings. The average Bonchev–Trinajstić information content (AvgIpc) is 3.86. The van der Waals surface area contributed by atoms with E-state index in [1.165, 1.54) is 10.8 Å². The fourth-order valence-corrected chi connectivity index (χ4v) is 7.46. The van der Waals surface area contributed by atoms with Gasteiger partial charge in [0.05, 0.1) is 11.0 Å².